The highest BCUT2D eigenvalue weighted by molar-refractivity contribution is 7.27. The molecule has 0 fully saturated rings. The van der Waals surface area contributed by atoms with Gasteiger partial charge in [-0.05, 0) is 35.7 Å². The zero-order chi connectivity index (χ0) is 16.4. The maximum absolute atomic E-state index is 10.9. The Morgan fingerprint density at radius 3 is 2.83 bits per heavy atom. The van der Waals surface area contributed by atoms with E-state index < -0.39 is 5.97 Å². The van der Waals surface area contributed by atoms with Crippen LogP contribution in [0.1, 0.15) is 9.67 Å². The molecule has 0 bridgehead atoms. The molecule has 4 N–H and O–H groups in total. The average molecular weight is 348 g/mol. The number of nitrogen functional groups attached to an aromatic ring is 1. The molecule has 1 aromatic carbocycles. The Morgan fingerprint density at radius 1 is 1.26 bits per heavy atom. The second-order valence-corrected chi connectivity index (χ2v) is 6.69. The Balaban J connectivity index is 0.000000136. The van der Waals surface area contributed by atoms with Crippen molar-refractivity contribution in [3.05, 3.63) is 40.6 Å². The monoisotopic (exact) mass is 348 g/mol. The van der Waals surface area contributed by atoms with E-state index in [1.54, 1.807) is 35.6 Å². The number of carbonyl (C=O) groups excluding carboxylic acids is 1. The van der Waals surface area contributed by atoms with Gasteiger partial charge in [0.05, 0.1) is 5.69 Å². The quantitative estimate of drug-likeness (QED) is 0.586. The topological polar surface area (TPSA) is 102 Å². The van der Waals surface area contributed by atoms with Crippen LogP contribution in [0.3, 0.4) is 0 Å². The van der Waals surface area contributed by atoms with Gasteiger partial charge in [0.1, 0.15) is 10.6 Å². The van der Waals surface area contributed by atoms with Gasteiger partial charge < -0.3 is 20.9 Å². The minimum Gasteiger partial charge on any atom is -0.482 e. The van der Waals surface area contributed by atoms with Crippen LogP contribution in [0.4, 0.5) is 11.4 Å². The van der Waals surface area contributed by atoms with Gasteiger partial charge in [-0.1, -0.05) is 0 Å². The number of rotatable bonds is 1. The van der Waals surface area contributed by atoms with Crippen LogP contribution in [0.2, 0.25) is 0 Å². The molecule has 0 saturated heterocycles. The van der Waals surface area contributed by atoms with E-state index in [1.165, 1.54) is 11.3 Å². The van der Waals surface area contributed by atoms with Crippen molar-refractivity contribution in [1.82, 2.24) is 0 Å². The lowest BCUT2D eigenvalue weighted by molar-refractivity contribution is -0.118. The van der Waals surface area contributed by atoms with Gasteiger partial charge >= 0.3 is 5.97 Å². The summed E-state index contributed by atoms with van der Waals surface area (Å²) in [4.78, 5) is 21.8. The number of carboxylic acid groups (broad SMARTS) is 1. The van der Waals surface area contributed by atoms with Gasteiger partial charge in [-0.2, -0.15) is 0 Å². The number of hydrogen-bond donors (Lipinski definition) is 3. The van der Waals surface area contributed by atoms with E-state index in [0.717, 1.165) is 9.40 Å². The largest absolute Gasteiger partial charge is 0.482 e. The lowest BCUT2D eigenvalue weighted by atomic mass is 10.2. The summed E-state index contributed by atoms with van der Waals surface area (Å²) in [5.41, 5.74) is 6.78. The maximum atomic E-state index is 10.9. The summed E-state index contributed by atoms with van der Waals surface area (Å²) in [6, 6.07) is 8.80. The Kier molecular flexibility index (Phi) is 4.18. The molecule has 1 aliphatic heterocycles. The van der Waals surface area contributed by atoms with Gasteiger partial charge in [0.15, 0.2) is 6.61 Å². The van der Waals surface area contributed by atoms with E-state index in [0.29, 0.717) is 22.0 Å². The summed E-state index contributed by atoms with van der Waals surface area (Å²) in [6.07, 6.45) is 0. The number of carbonyl (C=O) groups is 2. The Bertz CT molecular complexity index is 856. The molecule has 0 radical (unpaired) electrons. The van der Waals surface area contributed by atoms with Gasteiger partial charge in [0.2, 0.25) is 0 Å². The molecular weight excluding hydrogens is 336 g/mol. The summed E-state index contributed by atoms with van der Waals surface area (Å²) < 4.78 is 7.25. The van der Waals surface area contributed by atoms with Crippen molar-refractivity contribution in [3.63, 3.8) is 0 Å². The van der Waals surface area contributed by atoms with Crippen LogP contribution in [0.25, 0.3) is 9.40 Å². The maximum Gasteiger partial charge on any atom is 0.345 e. The van der Waals surface area contributed by atoms with Gasteiger partial charge in [0, 0.05) is 15.1 Å². The van der Waals surface area contributed by atoms with Crippen molar-refractivity contribution in [2.45, 2.75) is 0 Å². The first-order valence-corrected chi connectivity index (χ1v) is 8.25. The smallest absolute Gasteiger partial charge is 0.345 e. The minimum atomic E-state index is -0.835. The van der Waals surface area contributed by atoms with Crippen molar-refractivity contribution >= 4 is 55.3 Å². The molecule has 8 heteroatoms. The fourth-order valence-corrected chi connectivity index (χ4v) is 3.92. The van der Waals surface area contributed by atoms with Crippen molar-refractivity contribution in [3.8, 4) is 5.75 Å². The van der Waals surface area contributed by atoms with Crippen molar-refractivity contribution in [2.24, 2.45) is 0 Å². The van der Waals surface area contributed by atoms with Gasteiger partial charge in [-0.25, -0.2) is 4.79 Å². The number of benzene rings is 1. The number of nitrogens with two attached hydrogens (primary N) is 1. The molecule has 6 nitrogen and oxygen atoms in total. The lowest BCUT2D eigenvalue weighted by Crippen LogP contribution is -2.25. The van der Waals surface area contributed by atoms with E-state index >= 15 is 0 Å². The Hall–Kier alpha value is -2.58. The van der Waals surface area contributed by atoms with Crippen molar-refractivity contribution in [2.75, 3.05) is 17.7 Å². The van der Waals surface area contributed by atoms with E-state index in [9.17, 15) is 9.59 Å². The van der Waals surface area contributed by atoms with E-state index in [1.807, 2.05) is 11.4 Å². The zero-order valence-electron chi connectivity index (χ0n) is 11.7. The van der Waals surface area contributed by atoms with Crippen LogP contribution >= 0.6 is 22.7 Å². The highest BCUT2D eigenvalue weighted by Crippen LogP contribution is 2.30. The molecule has 3 heterocycles. The third-order valence-corrected chi connectivity index (χ3v) is 5.07. The predicted octanol–water partition coefficient (Wildman–Crippen LogP) is 3.26. The highest BCUT2D eigenvalue weighted by atomic mass is 32.1. The molecule has 0 spiro atoms. The van der Waals surface area contributed by atoms with E-state index in [2.05, 4.69) is 5.32 Å². The molecule has 2 aromatic heterocycles. The first-order valence-electron chi connectivity index (χ1n) is 6.55. The molecule has 0 aliphatic carbocycles. The molecule has 0 saturated carbocycles. The number of nitrogens with one attached hydrogen (secondary N) is 1. The van der Waals surface area contributed by atoms with Crippen LogP contribution < -0.4 is 15.8 Å². The molecule has 118 valence electrons. The Morgan fingerprint density at radius 2 is 2.09 bits per heavy atom. The number of carboxylic acids is 1. The SMILES string of the molecule is Nc1ccc2c(c1)NC(=O)CO2.O=C(O)c1cc2sccc2s1. The average Bonchev–Trinajstić information content (AvgIpc) is 3.08. The molecule has 1 amide bonds. The third kappa shape index (κ3) is 3.43. The summed E-state index contributed by atoms with van der Waals surface area (Å²) in [5, 5.41) is 13.2. The number of ether oxygens (including phenoxy) is 1. The van der Waals surface area contributed by atoms with E-state index in [4.69, 9.17) is 15.6 Å². The normalized spacial score (nSPS) is 12.6. The second-order valence-electron chi connectivity index (χ2n) is 4.66. The highest BCUT2D eigenvalue weighted by Gasteiger charge is 2.14. The number of hydrogen-bond acceptors (Lipinski definition) is 6. The first-order chi connectivity index (χ1) is 11.0. The van der Waals surface area contributed by atoms with Crippen LogP contribution in [0.15, 0.2) is 35.7 Å². The van der Waals surface area contributed by atoms with E-state index in [-0.39, 0.29) is 12.5 Å². The van der Waals surface area contributed by atoms with Crippen molar-refractivity contribution in [1.29, 1.82) is 0 Å². The number of aromatic carboxylic acids is 1. The fraction of sp³-hybridized carbons (Fsp3) is 0.0667. The minimum absolute atomic E-state index is 0.0803. The van der Waals surface area contributed by atoms with Crippen LogP contribution in [-0.2, 0) is 4.79 Å². The van der Waals surface area contributed by atoms with Gasteiger partial charge in [0.25, 0.3) is 5.91 Å². The molecule has 0 atom stereocenters. The lowest BCUT2D eigenvalue weighted by Gasteiger charge is -2.17. The summed E-state index contributed by atoms with van der Waals surface area (Å²) in [6.45, 7) is 0.0803. The Labute approximate surface area is 139 Å². The molecule has 23 heavy (non-hydrogen) atoms. The van der Waals surface area contributed by atoms with Crippen molar-refractivity contribution < 1.29 is 19.4 Å². The van der Waals surface area contributed by atoms with Gasteiger partial charge in [-0.15, -0.1) is 22.7 Å². The molecule has 3 aromatic rings. The summed E-state index contributed by atoms with van der Waals surface area (Å²) >= 11 is 2.90. The number of anilines is 2. The number of fused-ring (bicyclic) bond motifs is 2. The molecule has 1 aliphatic rings. The second kappa shape index (κ2) is 6.27. The molecule has 0 unspecified atom stereocenters. The third-order valence-electron chi connectivity index (χ3n) is 2.99. The summed E-state index contributed by atoms with van der Waals surface area (Å²) in [7, 11) is 0. The number of thiophene rings is 2. The number of amides is 1. The first kappa shape index (κ1) is 15.3. The predicted molar refractivity (Wildman–Crippen MR) is 91.6 cm³/mol. The van der Waals surface area contributed by atoms with Gasteiger partial charge in [-0.3, -0.25) is 4.79 Å². The zero-order valence-corrected chi connectivity index (χ0v) is 13.4. The van der Waals surface area contributed by atoms with Crippen LogP contribution in [0.5, 0.6) is 5.75 Å². The molecule has 4 rings (SSSR count). The van der Waals surface area contributed by atoms with Crippen LogP contribution in [0, 0.1) is 0 Å². The fourth-order valence-electron chi connectivity index (χ4n) is 1.97. The van der Waals surface area contributed by atoms with Crippen LogP contribution in [-0.4, -0.2) is 23.6 Å². The standard InChI is InChI=1S/C8H8N2O2.C7H4O2S2/c9-5-1-2-7-6(3-5)10-8(11)4-12-7;8-7(9)6-3-5-4(11-6)1-2-10-5/h1-3H,4,9H2,(H,10,11);1-3H,(H,8,9). The summed E-state index contributed by atoms with van der Waals surface area (Å²) in [5.74, 6) is -0.310. The molecular formula is C15H12N2O4S2.